The van der Waals surface area contributed by atoms with Gasteiger partial charge in [-0.15, -0.1) is 0 Å². The molecule has 4 aromatic carbocycles. The molecule has 2 heterocycles. The molecule has 9 nitrogen and oxygen atoms in total. The van der Waals surface area contributed by atoms with Gasteiger partial charge < -0.3 is 4.74 Å². The van der Waals surface area contributed by atoms with Crippen LogP contribution in [0.2, 0.25) is 0 Å². The van der Waals surface area contributed by atoms with Crippen LogP contribution < -0.4 is 15.4 Å². The molecule has 0 aliphatic carbocycles. The number of amides is 4. The lowest BCUT2D eigenvalue weighted by atomic mass is 9.89. The van der Waals surface area contributed by atoms with E-state index in [1.165, 1.54) is 24.3 Å². The Morgan fingerprint density at radius 2 is 1.18 bits per heavy atom. The SMILES string of the molecule is N#Cc1cccc(-c2cc3c(c(-c4cccc(C#N)c4)c2Oc2ccc4c(c2)C(=O)NC4=O)C(=O)NC3=O)c1. The van der Waals surface area contributed by atoms with Crippen molar-refractivity contribution in [3.63, 3.8) is 0 Å². The highest BCUT2D eigenvalue weighted by molar-refractivity contribution is 6.25. The maximum Gasteiger partial charge on any atom is 0.259 e. The molecular weight excluding hydrogens is 496 g/mol. The van der Waals surface area contributed by atoms with Gasteiger partial charge in [0.2, 0.25) is 0 Å². The number of fused-ring (bicyclic) bond motifs is 2. The number of hydrogen-bond donors (Lipinski definition) is 2. The summed E-state index contributed by atoms with van der Waals surface area (Å²) >= 11 is 0. The van der Waals surface area contributed by atoms with Crippen LogP contribution in [0.15, 0.2) is 72.8 Å². The van der Waals surface area contributed by atoms with Gasteiger partial charge in [0.25, 0.3) is 23.6 Å². The number of hydrogen-bond acceptors (Lipinski definition) is 7. The van der Waals surface area contributed by atoms with Crippen molar-refractivity contribution in [3.05, 3.63) is 106 Å². The van der Waals surface area contributed by atoms with Gasteiger partial charge in [0, 0.05) is 11.1 Å². The maximum absolute atomic E-state index is 13.0. The van der Waals surface area contributed by atoms with Crippen molar-refractivity contribution >= 4 is 23.6 Å². The average molecular weight is 510 g/mol. The maximum atomic E-state index is 13.0. The van der Waals surface area contributed by atoms with Crippen LogP contribution in [-0.4, -0.2) is 23.6 Å². The fourth-order valence-electron chi connectivity index (χ4n) is 4.74. The molecule has 184 valence electrons. The van der Waals surface area contributed by atoms with Crippen molar-refractivity contribution in [2.75, 3.05) is 0 Å². The van der Waals surface area contributed by atoms with E-state index in [0.29, 0.717) is 27.8 Å². The summed E-state index contributed by atoms with van der Waals surface area (Å²) in [5.74, 6) is -1.95. The summed E-state index contributed by atoms with van der Waals surface area (Å²) in [5.41, 5.74) is 2.83. The van der Waals surface area contributed by atoms with Gasteiger partial charge in [-0.1, -0.05) is 24.3 Å². The van der Waals surface area contributed by atoms with Gasteiger partial charge in [0.1, 0.15) is 11.5 Å². The molecule has 0 fully saturated rings. The summed E-state index contributed by atoms with van der Waals surface area (Å²) < 4.78 is 6.37. The standard InChI is InChI=1S/C30H14N4O5/c31-13-15-3-1-5-17(9-15)21-12-23-25(30(38)34-29(23)37)24(18-6-2-4-16(10-18)14-32)26(21)39-19-7-8-20-22(11-19)28(36)33-27(20)35/h1-12H,(H,33,35,36)(H,34,37,38). The quantitative estimate of drug-likeness (QED) is 0.388. The van der Waals surface area contributed by atoms with Crippen LogP contribution in [0.1, 0.15) is 52.6 Å². The second kappa shape index (κ2) is 8.80. The molecule has 0 spiro atoms. The van der Waals surface area contributed by atoms with Crippen molar-refractivity contribution < 1.29 is 23.9 Å². The Morgan fingerprint density at radius 3 is 1.90 bits per heavy atom. The molecule has 2 aliphatic rings. The lowest BCUT2D eigenvalue weighted by Gasteiger charge is -2.19. The predicted octanol–water partition coefficient (Wildman–Crippen LogP) is 4.32. The fraction of sp³-hybridized carbons (Fsp3) is 0. The van der Waals surface area contributed by atoms with Crippen molar-refractivity contribution in [2.24, 2.45) is 0 Å². The summed E-state index contributed by atoms with van der Waals surface area (Å²) in [6.45, 7) is 0. The van der Waals surface area contributed by atoms with Crippen molar-refractivity contribution in [1.82, 2.24) is 10.6 Å². The van der Waals surface area contributed by atoms with E-state index in [1.54, 1.807) is 48.5 Å². The average Bonchev–Trinajstić information content (AvgIpc) is 3.40. The van der Waals surface area contributed by atoms with Crippen molar-refractivity contribution in [3.8, 4) is 45.9 Å². The molecule has 2 N–H and O–H groups in total. The Bertz CT molecular complexity index is 1890. The minimum Gasteiger partial charge on any atom is -0.456 e. The topological polar surface area (TPSA) is 149 Å². The molecule has 0 aromatic heterocycles. The number of carbonyl (C=O) groups is 4. The molecule has 4 aromatic rings. The van der Waals surface area contributed by atoms with E-state index in [2.05, 4.69) is 22.8 Å². The fourth-order valence-corrected chi connectivity index (χ4v) is 4.74. The first-order valence-electron chi connectivity index (χ1n) is 11.6. The summed E-state index contributed by atoms with van der Waals surface area (Å²) in [6, 6.07) is 23.2. The summed E-state index contributed by atoms with van der Waals surface area (Å²) in [7, 11) is 0. The van der Waals surface area contributed by atoms with E-state index in [-0.39, 0.29) is 39.3 Å². The first-order valence-corrected chi connectivity index (χ1v) is 11.6. The Kier molecular flexibility index (Phi) is 5.27. The van der Waals surface area contributed by atoms with Gasteiger partial charge in [-0.3, -0.25) is 29.8 Å². The first-order chi connectivity index (χ1) is 18.9. The van der Waals surface area contributed by atoms with Crippen LogP contribution in [0.5, 0.6) is 11.5 Å². The van der Waals surface area contributed by atoms with Gasteiger partial charge in [0.05, 0.1) is 45.5 Å². The van der Waals surface area contributed by atoms with E-state index < -0.39 is 23.6 Å². The largest absolute Gasteiger partial charge is 0.456 e. The van der Waals surface area contributed by atoms with Gasteiger partial charge in [-0.25, -0.2) is 0 Å². The molecular formula is C30H14N4O5. The third kappa shape index (κ3) is 3.79. The third-order valence-electron chi connectivity index (χ3n) is 6.49. The molecule has 4 amide bonds. The number of nitriles is 2. The van der Waals surface area contributed by atoms with E-state index in [1.807, 2.05) is 0 Å². The summed E-state index contributed by atoms with van der Waals surface area (Å²) in [4.78, 5) is 50.2. The lowest BCUT2D eigenvalue weighted by Crippen LogP contribution is -2.20. The number of rotatable bonds is 4. The summed E-state index contributed by atoms with van der Waals surface area (Å²) in [6.07, 6.45) is 0. The van der Waals surface area contributed by atoms with E-state index >= 15 is 0 Å². The third-order valence-corrected chi connectivity index (χ3v) is 6.49. The molecule has 6 rings (SSSR count). The molecule has 39 heavy (non-hydrogen) atoms. The summed E-state index contributed by atoms with van der Waals surface area (Å²) in [5, 5.41) is 23.6. The van der Waals surface area contributed by atoms with Gasteiger partial charge in [-0.2, -0.15) is 10.5 Å². The lowest BCUT2D eigenvalue weighted by molar-refractivity contribution is 0.0863. The zero-order valence-corrected chi connectivity index (χ0v) is 19.9. The molecule has 0 bridgehead atoms. The van der Waals surface area contributed by atoms with E-state index in [0.717, 1.165) is 0 Å². The molecule has 0 saturated heterocycles. The highest BCUT2D eigenvalue weighted by atomic mass is 16.5. The van der Waals surface area contributed by atoms with Crippen molar-refractivity contribution in [2.45, 2.75) is 0 Å². The number of carbonyl (C=O) groups excluding carboxylic acids is 4. The normalized spacial score (nSPS) is 13.2. The Hall–Kier alpha value is -6.06. The number of ether oxygens (including phenoxy) is 1. The molecule has 9 heteroatoms. The Morgan fingerprint density at radius 1 is 0.564 bits per heavy atom. The highest BCUT2D eigenvalue weighted by Gasteiger charge is 2.35. The smallest absolute Gasteiger partial charge is 0.259 e. The number of nitrogens with zero attached hydrogens (tertiary/aromatic N) is 2. The number of benzene rings is 4. The number of imide groups is 2. The minimum absolute atomic E-state index is 0.0689. The molecule has 0 saturated carbocycles. The predicted molar refractivity (Wildman–Crippen MR) is 137 cm³/mol. The molecule has 0 unspecified atom stereocenters. The van der Waals surface area contributed by atoms with Crippen LogP contribution in [0.3, 0.4) is 0 Å². The Balaban J connectivity index is 1.67. The van der Waals surface area contributed by atoms with E-state index in [9.17, 15) is 29.7 Å². The van der Waals surface area contributed by atoms with Gasteiger partial charge in [0.15, 0.2) is 0 Å². The van der Waals surface area contributed by atoms with Crippen LogP contribution in [0, 0.1) is 22.7 Å². The minimum atomic E-state index is -0.631. The van der Waals surface area contributed by atoms with Gasteiger partial charge in [-0.05, 0) is 59.7 Å². The van der Waals surface area contributed by atoms with Crippen LogP contribution in [0.25, 0.3) is 22.3 Å². The van der Waals surface area contributed by atoms with Crippen molar-refractivity contribution in [1.29, 1.82) is 10.5 Å². The van der Waals surface area contributed by atoms with Gasteiger partial charge >= 0.3 is 0 Å². The molecule has 2 aliphatic heterocycles. The Labute approximate surface area is 220 Å². The monoisotopic (exact) mass is 510 g/mol. The number of nitrogens with one attached hydrogen (secondary N) is 2. The highest BCUT2D eigenvalue weighted by Crippen LogP contribution is 2.47. The first kappa shape index (κ1) is 23.3. The zero-order valence-electron chi connectivity index (χ0n) is 19.9. The van der Waals surface area contributed by atoms with E-state index in [4.69, 9.17) is 4.74 Å². The zero-order chi connectivity index (χ0) is 27.3. The molecule has 0 radical (unpaired) electrons. The van der Waals surface area contributed by atoms with Crippen LogP contribution in [0.4, 0.5) is 0 Å². The molecule has 0 atom stereocenters. The second-order valence-electron chi connectivity index (χ2n) is 8.81. The second-order valence-corrected chi connectivity index (χ2v) is 8.81. The van der Waals surface area contributed by atoms with Crippen LogP contribution >= 0.6 is 0 Å². The van der Waals surface area contributed by atoms with Crippen LogP contribution in [-0.2, 0) is 0 Å².